The predicted octanol–water partition coefficient (Wildman–Crippen LogP) is 2.65. The van der Waals surface area contributed by atoms with Crippen molar-refractivity contribution < 1.29 is 8.78 Å². The van der Waals surface area contributed by atoms with Gasteiger partial charge < -0.3 is 10.6 Å². The van der Waals surface area contributed by atoms with Crippen LogP contribution in [0.2, 0.25) is 0 Å². The van der Waals surface area contributed by atoms with Crippen LogP contribution in [0.5, 0.6) is 0 Å². The molecule has 5 heteroatoms. The fraction of sp³-hybridized carbons (Fsp3) is 0.533. The van der Waals surface area contributed by atoms with Gasteiger partial charge in [-0.25, -0.2) is 8.78 Å². The van der Waals surface area contributed by atoms with Gasteiger partial charge in [-0.3, -0.25) is 4.99 Å². The van der Waals surface area contributed by atoms with Gasteiger partial charge in [0.2, 0.25) is 0 Å². The van der Waals surface area contributed by atoms with Crippen molar-refractivity contribution in [3.05, 3.63) is 35.4 Å². The van der Waals surface area contributed by atoms with Crippen LogP contribution in [0.15, 0.2) is 23.2 Å². The van der Waals surface area contributed by atoms with Crippen LogP contribution in [0.4, 0.5) is 8.78 Å². The zero-order chi connectivity index (χ0) is 14.8. The van der Waals surface area contributed by atoms with Crippen molar-refractivity contribution in [2.45, 2.75) is 32.1 Å². The van der Waals surface area contributed by atoms with Crippen LogP contribution in [-0.2, 0) is 5.41 Å². The number of benzene rings is 1. The number of nitrogens with two attached hydrogens (primary N) is 1. The maximum atomic E-state index is 13.9. The van der Waals surface area contributed by atoms with Crippen LogP contribution in [0.25, 0.3) is 0 Å². The summed E-state index contributed by atoms with van der Waals surface area (Å²) in [4.78, 5) is 6.36. The molecule has 1 saturated carbocycles. The van der Waals surface area contributed by atoms with Crippen LogP contribution < -0.4 is 5.73 Å². The zero-order valence-electron chi connectivity index (χ0n) is 12.0. The van der Waals surface area contributed by atoms with Crippen molar-refractivity contribution in [3.8, 4) is 0 Å². The molecule has 0 radical (unpaired) electrons. The summed E-state index contributed by atoms with van der Waals surface area (Å²) in [6.07, 6.45) is 1.73. The molecule has 0 aromatic heterocycles. The first-order chi connectivity index (χ1) is 9.52. The maximum absolute atomic E-state index is 13.9. The highest BCUT2D eigenvalue weighted by molar-refractivity contribution is 5.78. The monoisotopic (exact) mass is 281 g/mol. The van der Waals surface area contributed by atoms with E-state index in [-0.39, 0.29) is 5.41 Å². The number of nitrogens with zero attached hydrogens (tertiary/aromatic N) is 2. The third-order valence-corrected chi connectivity index (χ3v) is 3.99. The highest BCUT2D eigenvalue weighted by Gasteiger charge is 2.46. The van der Waals surface area contributed by atoms with Crippen LogP contribution in [-0.4, -0.2) is 30.5 Å². The van der Waals surface area contributed by atoms with Crippen LogP contribution >= 0.6 is 0 Å². The van der Waals surface area contributed by atoms with Gasteiger partial charge in [0, 0.05) is 24.6 Å². The summed E-state index contributed by atoms with van der Waals surface area (Å²) in [6.45, 7) is 6.07. The maximum Gasteiger partial charge on any atom is 0.191 e. The van der Waals surface area contributed by atoms with Gasteiger partial charge in [0.25, 0.3) is 0 Å². The molecule has 0 amide bonds. The molecule has 110 valence electrons. The summed E-state index contributed by atoms with van der Waals surface area (Å²) >= 11 is 0. The average Bonchev–Trinajstić information content (AvgIpc) is 3.19. The molecule has 0 unspecified atom stereocenters. The summed E-state index contributed by atoms with van der Waals surface area (Å²) in [6, 6.07) is 3.77. The van der Waals surface area contributed by atoms with E-state index in [0.717, 1.165) is 32.0 Å². The zero-order valence-corrected chi connectivity index (χ0v) is 12.0. The predicted molar refractivity (Wildman–Crippen MR) is 76.7 cm³/mol. The van der Waals surface area contributed by atoms with E-state index < -0.39 is 11.6 Å². The van der Waals surface area contributed by atoms with Gasteiger partial charge in [-0.2, -0.15) is 0 Å². The van der Waals surface area contributed by atoms with E-state index in [4.69, 9.17) is 5.73 Å². The molecule has 0 atom stereocenters. The number of rotatable bonds is 5. The molecule has 1 aliphatic rings. The summed E-state index contributed by atoms with van der Waals surface area (Å²) in [5.74, 6) is -0.545. The van der Waals surface area contributed by atoms with Crippen molar-refractivity contribution in [1.29, 1.82) is 0 Å². The van der Waals surface area contributed by atoms with Gasteiger partial charge in [0.15, 0.2) is 5.96 Å². The van der Waals surface area contributed by atoms with E-state index in [1.54, 1.807) is 0 Å². The smallest absolute Gasteiger partial charge is 0.191 e. The summed E-state index contributed by atoms with van der Waals surface area (Å²) < 4.78 is 26.8. The lowest BCUT2D eigenvalue weighted by atomic mass is 9.95. The lowest BCUT2D eigenvalue weighted by molar-refractivity contribution is 0.456. The fourth-order valence-corrected chi connectivity index (χ4v) is 2.46. The summed E-state index contributed by atoms with van der Waals surface area (Å²) in [7, 11) is 0. The molecule has 3 nitrogen and oxygen atoms in total. The summed E-state index contributed by atoms with van der Waals surface area (Å²) in [5, 5.41) is 0. The second kappa shape index (κ2) is 5.77. The Labute approximate surface area is 118 Å². The van der Waals surface area contributed by atoms with Crippen LogP contribution in [0.1, 0.15) is 32.3 Å². The first-order valence-corrected chi connectivity index (χ1v) is 7.03. The normalized spacial score (nSPS) is 17.1. The molecule has 0 spiro atoms. The van der Waals surface area contributed by atoms with Gasteiger partial charge in [0.05, 0.1) is 6.54 Å². The van der Waals surface area contributed by atoms with Crippen molar-refractivity contribution in [2.24, 2.45) is 10.7 Å². The molecular formula is C15H21F2N3. The van der Waals surface area contributed by atoms with Gasteiger partial charge in [0.1, 0.15) is 11.6 Å². The molecule has 0 bridgehead atoms. The van der Waals surface area contributed by atoms with Gasteiger partial charge in [-0.15, -0.1) is 0 Å². The Hall–Kier alpha value is -1.65. The van der Waals surface area contributed by atoms with E-state index in [0.29, 0.717) is 18.1 Å². The van der Waals surface area contributed by atoms with Gasteiger partial charge in [-0.05, 0) is 38.3 Å². The second-order valence-corrected chi connectivity index (χ2v) is 5.25. The number of hydrogen-bond acceptors (Lipinski definition) is 1. The molecule has 2 rings (SSSR count). The Morgan fingerprint density at radius 2 is 1.95 bits per heavy atom. The SMILES string of the molecule is CCN(CC)C(N)=NCC1(c2ccc(F)cc2F)CC1. The number of hydrogen-bond donors (Lipinski definition) is 1. The van der Waals surface area contributed by atoms with E-state index in [1.165, 1.54) is 12.1 Å². The number of aliphatic imine (C=N–C) groups is 1. The molecule has 0 aliphatic heterocycles. The number of guanidine groups is 1. The average molecular weight is 281 g/mol. The quantitative estimate of drug-likeness (QED) is 0.666. The third kappa shape index (κ3) is 2.92. The molecule has 20 heavy (non-hydrogen) atoms. The Morgan fingerprint density at radius 1 is 1.30 bits per heavy atom. The first-order valence-electron chi connectivity index (χ1n) is 7.03. The molecule has 1 aromatic carbocycles. The standard InChI is InChI=1S/C15H21F2N3/c1-3-20(4-2)14(18)19-10-15(7-8-15)12-6-5-11(16)9-13(12)17/h5-6,9H,3-4,7-8,10H2,1-2H3,(H2,18,19). The van der Waals surface area contributed by atoms with Gasteiger partial charge >= 0.3 is 0 Å². The second-order valence-electron chi connectivity index (χ2n) is 5.25. The van der Waals surface area contributed by atoms with Crippen LogP contribution in [0, 0.1) is 11.6 Å². The highest BCUT2D eigenvalue weighted by Crippen LogP contribution is 2.49. The number of halogens is 2. The fourth-order valence-electron chi connectivity index (χ4n) is 2.46. The minimum absolute atomic E-state index is 0.296. The van der Waals surface area contributed by atoms with Crippen molar-refractivity contribution in [2.75, 3.05) is 19.6 Å². The van der Waals surface area contributed by atoms with E-state index >= 15 is 0 Å². The Bertz CT molecular complexity index is 506. The molecule has 1 aliphatic carbocycles. The Kier molecular flexibility index (Phi) is 4.26. The van der Waals surface area contributed by atoms with Crippen molar-refractivity contribution in [3.63, 3.8) is 0 Å². The van der Waals surface area contributed by atoms with E-state index in [9.17, 15) is 8.78 Å². The minimum Gasteiger partial charge on any atom is -0.370 e. The summed E-state index contributed by atoms with van der Waals surface area (Å²) in [5.41, 5.74) is 6.19. The molecular weight excluding hydrogens is 260 g/mol. The molecule has 2 N–H and O–H groups in total. The molecule has 1 fully saturated rings. The lowest BCUT2D eigenvalue weighted by Gasteiger charge is -2.21. The van der Waals surface area contributed by atoms with Gasteiger partial charge in [-0.1, -0.05) is 6.07 Å². The van der Waals surface area contributed by atoms with E-state index in [1.807, 2.05) is 18.7 Å². The molecule has 1 aromatic rings. The highest BCUT2D eigenvalue weighted by atomic mass is 19.1. The molecule has 0 saturated heterocycles. The first kappa shape index (κ1) is 14.8. The lowest BCUT2D eigenvalue weighted by Crippen LogP contribution is -2.37. The largest absolute Gasteiger partial charge is 0.370 e. The topological polar surface area (TPSA) is 41.6 Å². The van der Waals surface area contributed by atoms with Crippen LogP contribution in [0.3, 0.4) is 0 Å². The van der Waals surface area contributed by atoms with Crippen molar-refractivity contribution in [1.82, 2.24) is 4.90 Å². The third-order valence-electron chi connectivity index (χ3n) is 3.99. The minimum atomic E-state index is -0.548. The molecule has 0 heterocycles. The van der Waals surface area contributed by atoms with E-state index in [2.05, 4.69) is 4.99 Å². The Balaban J connectivity index is 2.14. The Morgan fingerprint density at radius 3 is 2.45 bits per heavy atom. The van der Waals surface area contributed by atoms with Crippen molar-refractivity contribution >= 4 is 5.96 Å².